The van der Waals surface area contributed by atoms with E-state index in [2.05, 4.69) is 33.5 Å². The van der Waals surface area contributed by atoms with Crippen LogP contribution in [0.25, 0.3) is 11.1 Å². The first-order valence-electron chi connectivity index (χ1n) is 13.4. The van der Waals surface area contributed by atoms with Crippen LogP contribution < -0.4 is 10.2 Å². The molecule has 198 valence electrons. The highest BCUT2D eigenvalue weighted by Gasteiger charge is 2.33. The summed E-state index contributed by atoms with van der Waals surface area (Å²) < 4.78 is 7.32. The molecule has 1 saturated heterocycles. The number of hydrogen-bond donors (Lipinski definition) is 3. The van der Waals surface area contributed by atoms with Crippen molar-refractivity contribution in [3.8, 4) is 11.1 Å². The molecule has 0 aliphatic carbocycles. The molecular formula is C28H39N6O3+. The van der Waals surface area contributed by atoms with Crippen LogP contribution in [-0.2, 0) is 16.6 Å². The van der Waals surface area contributed by atoms with Crippen molar-refractivity contribution in [2.45, 2.75) is 38.5 Å². The molecule has 0 saturated carbocycles. The smallest absolute Gasteiger partial charge is 0.219 e. The fraction of sp³-hybridized carbons (Fsp3) is 0.536. The number of aliphatic hydroxyl groups is 1. The van der Waals surface area contributed by atoms with Crippen molar-refractivity contribution in [1.82, 2.24) is 14.7 Å². The van der Waals surface area contributed by atoms with Gasteiger partial charge in [0, 0.05) is 76.5 Å². The number of nitrogens with two attached hydrogens (primary N) is 1. The second-order valence-corrected chi connectivity index (χ2v) is 10.6. The third kappa shape index (κ3) is 5.49. The number of rotatable bonds is 7. The molecule has 0 spiro atoms. The van der Waals surface area contributed by atoms with Crippen LogP contribution in [0.15, 0.2) is 41.9 Å². The summed E-state index contributed by atoms with van der Waals surface area (Å²) in [7, 11) is 1.90. The zero-order valence-corrected chi connectivity index (χ0v) is 21.9. The Morgan fingerprint density at radius 3 is 2.84 bits per heavy atom. The first kappa shape index (κ1) is 25.6. The van der Waals surface area contributed by atoms with Crippen molar-refractivity contribution in [2.75, 3.05) is 50.9 Å². The van der Waals surface area contributed by atoms with E-state index in [0.717, 1.165) is 73.4 Å². The zero-order valence-electron chi connectivity index (χ0n) is 21.9. The van der Waals surface area contributed by atoms with Crippen LogP contribution in [0.5, 0.6) is 0 Å². The molecular weight excluding hydrogens is 468 g/mol. The predicted octanol–water partition coefficient (Wildman–Crippen LogP) is 1.85. The van der Waals surface area contributed by atoms with Gasteiger partial charge in [-0.3, -0.25) is 14.9 Å². The SMILES string of the molecule is CC(=O)N1CCC([NH2+]CC[C@H]2CCOC2)=C(C(=N)N2CCC(CO)c3cc(-c4cnn(C)c4)ccc32)C1. The van der Waals surface area contributed by atoms with Gasteiger partial charge < -0.3 is 25.0 Å². The van der Waals surface area contributed by atoms with Crippen molar-refractivity contribution in [3.63, 3.8) is 0 Å². The van der Waals surface area contributed by atoms with E-state index in [9.17, 15) is 15.3 Å². The van der Waals surface area contributed by atoms with E-state index < -0.39 is 0 Å². The molecule has 9 heteroatoms. The maximum Gasteiger partial charge on any atom is 0.219 e. The van der Waals surface area contributed by atoms with Crippen molar-refractivity contribution < 1.29 is 20.0 Å². The number of carbonyl (C=O) groups is 1. The van der Waals surface area contributed by atoms with Gasteiger partial charge in [-0.15, -0.1) is 0 Å². The summed E-state index contributed by atoms with van der Waals surface area (Å²) in [5.41, 5.74) is 6.26. The van der Waals surface area contributed by atoms with Crippen LogP contribution in [0.3, 0.4) is 0 Å². The molecule has 9 nitrogen and oxygen atoms in total. The molecule has 3 aliphatic rings. The Bertz CT molecular complexity index is 1180. The first-order valence-corrected chi connectivity index (χ1v) is 13.4. The predicted molar refractivity (Wildman–Crippen MR) is 142 cm³/mol. The number of fused-ring (bicyclic) bond motifs is 1. The van der Waals surface area contributed by atoms with Crippen LogP contribution in [0.2, 0.25) is 0 Å². The van der Waals surface area contributed by atoms with E-state index in [1.807, 2.05) is 24.3 Å². The summed E-state index contributed by atoms with van der Waals surface area (Å²) in [6.07, 6.45) is 7.61. The number of hydrogen-bond acceptors (Lipinski definition) is 5. The molecule has 1 unspecified atom stereocenters. The summed E-state index contributed by atoms with van der Waals surface area (Å²) in [5, 5.41) is 26.1. The summed E-state index contributed by atoms with van der Waals surface area (Å²) in [6, 6.07) is 6.29. The van der Waals surface area contributed by atoms with E-state index in [4.69, 9.17) is 4.74 Å². The van der Waals surface area contributed by atoms with Gasteiger partial charge >= 0.3 is 0 Å². The van der Waals surface area contributed by atoms with Gasteiger partial charge in [-0.05, 0) is 42.0 Å². The molecule has 4 heterocycles. The van der Waals surface area contributed by atoms with Crippen molar-refractivity contribution in [1.29, 1.82) is 5.41 Å². The molecule has 3 aliphatic heterocycles. The van der Waals surface area contributed by atoms with Gasteiger partial charge in [-0.2, -0.15) is 5.10 Å². The highest BCUT2D eigenvalue weighted by Crippen LogP contribution is 2.39. The third-order valence-corrected chi connectivity index (χ3v) is 8.10. The molecule has 1 aromatic carbocycles. The molecule has 0 bridgehead atoms. The van der Waals surface area contributed by atoms with Crippen LogP contribution in [0.1, 0.15) is 44.1 Å². The highest BCUT2D eigenvalue weighted by molar-refractivity contribution is 6.09. The van der Waals surface area contributed by atoms with Gasteiger partial charge in [0.2, 0.25) is 5.91 Å². The minimum atomic E-state index is 0.0318. The van der Waals surface area contributed by atoms with E-state index in [1.54, 1.807) is 11.6 Å². The number of amides is 1. The molecule has 1 amide bonds. The van der Waals surface area contributed by atoms with Gasteiger partial charge in [0.15, 0.2) is 0 Å². The second-order valence-electron chi connectivity index (χ2n) is 10.6. The van der Waals surface area contributed by atoms with Crippen LogP contribution in [-0.4, -0.2) is 77.5 Å². The Labute approximate surface area is 218 Å². The number of nitrogens with zero attached hydrogens (tertiary/aromatic N) is 4. The lowest BCUT2D eigenvalue weighted by atomic mass is 9.87. The van der Waals surface area contributed by atoms with Crippen LogP contribution >= 0.6 is 0 Å². The highest BCUT2D eigenvalue weighted by atomic mass is 16.5. The maximum atomic E-state index is 12.3. The Balaban J connectivity index is 1.43. The summed E-state index contributed by atoms with van der Waals surface area (Å²) in [4.78, 5) is 16.2. The second kappa shape index (κ2) is 11.2. The topological polar surface area (TPSA) is 111 Å². The van der Waals surface area contributed by atoms with Crippen molar-refractivity contribution in [3.05, 3.63) is 47.4 Å². The average molecular weight is 508 g/mol. The number of benzene rings is 1. The lowest BCUT2D eigenvalue weighted by molar-refractivity contribution is -0.610. The maximum absolute atomic E-state index is 12.3. The number of amidine groups is 1. The van der Waals surface area contributed by atoms with Gasteiger partial charge in [0.1, 0.15) is 11.5 Å². The number of quaternary nitrogens is 1. The Hall–Kier alpha value is -3.01. The number of aromatic nitrogens is 2. The molecule has 2 aromatic rings. The number of aryl methyl sites for hydroxylation is 1. The lowest BCUT2D eigenvalue weighted by Crippen LogP contribution is -2.83. The van der Waals surface area contributed by atoms with Gasteiger partial charge in [-0.25, -0.2) is 0 Å². The molecule has 2 atom stereocenters. The normalized spacial score (nSPS) is 21.9. The Kier molecular flexibility index (Phi) is 7.73. The monoisotopic (exact) mass is 507 g/mol. The quantitative estimate of drug-likeness (QED) is 0.391. The summed E-state index contributed by atoms with van der Waals surface area (Å²) in [6.45, 7) is 6.20. The average Bonchev–Trinajstić information content (AvgIpc) is 3.59. The number of carbonyl (C=O) groups excluding carboxylic acids is 1. The standard InChI is InChI=1S/C28H38N6O3/c1-19(36)33-10-7-26(30-9-5-20-8-12-37-18-20)25(16-33)28(29)34-11-6-22(17-35)24-13-21(3-4-27(24)34)23-14-31-32(2)15-23/h3-4,13-15,20,22,29-30,35H,5-12,16-18H2,1-2H3/p+1/t20-,22?/m0/s1. The molecule has 1 fully saturated rings. The van der Waals surface area contributed by atoms with Crippen molar-refractivity contribution >= 4 is 17.4 Å². The first-order chi connectivity index (χ1) is 17.9. The van der Waals surface area contributed by atoms with E-state index in [1.165, 1.54) is 5.70 Å². The molecule has 0 radical (unpaired) electrons. The zero-order chi connectivity index (χ0) is 25.9. The summed E-state index contributed by atoms with van der Waals surface area (Å²) >= 11 is 0. The molecule has 37 heavy (non-hydrogen) atoms. The number of nitrogens with one attached hydrogen (secondary N) is 1. The molecule has 4 N–H and O–H groups in total. The number of anilines is 1. The number of ether oxygens (including phenoxy) is 1. The van der Waals surface area contributed by atoms with E-state index >= 15 is 0 Å². The van der Waals surface area contributed by atoms with E-state index in [-0.39, 0.29) is 18.4 Å². The fourth-order valence-electron chi connectivity index (χ4n) is 5.83. The summed E-state index contributed by atoms with van der Waals surface area (Å²) in [5.74, 6) is 1.17. The Morgan fingerprint density at radius 1 is 1.27 bits per heavy atom. The van der Waals surface area contributed by atoms with Crippen LogP contribution in [0.4, 0.5) is 5.69 Å². The third-order valence-electron chi connectivity index (χ3n) is 8.10. The van der Waals surface area contributed by atoms with E-state index in [0.29, 0.717) is 31.4 Å². The van der Waals surface area contributed by atoms with Gasteiger partial charge in [-0.1, -0.05) is 6.07 Å². The number of aliphatic hydroxyl groups excluding tert-OH is 1. The lowest BCUT2D eigenvalue weighted by Gasteiger charge is -2.38. The van der Waals surface area contributed by atoms with Crippen molar-refractivity contribution in [2.24, 2.45) is 13.0 Å². The fourth-order valence-corrected chi connectivity index (χ4v) is 5.83. The molecule has 5 rings (SSSR count). The Morgan fingerprint density at radius 2 is 2.14 bits per heavy atom. The molecule has 1 aromatic heterocycles. The van der Waals surface area contributed by atoms with Gasteiger partial charge in [0.05, 0.1) is 31.5 Å². The minimum absolute atomic E-state index is 0.0318. The largest absolute Gasteiger partial charge is 0.396 e. The minimum Gasteiger partial charge on any atom is -0.396 e. The van der Waals surface area contributed by atoms with Gasteiger partial charge in [0.25, 0.3) is 0 Å². The van der Waals surface area contributed by atoms with Crippen LogP contribution in [0, 0.1) is 11.3 Å².